The molecule has 0 saturated heterocycles. The number of hydrogen-bond donors (Lipinski definition) is 0. The van der Waals surface area contributed by atoms with Gasteiger partial charge in [0, 0.05) is 20.3 Å². The van der Waals surface area contributed by atoms with E-state index in [-0.39, 0.29) is 5.91 Å². The standard InChI is InChI=1S/C9H15N3O.C2H6/c1-4-8-5-10-12(6-8)7-9(13)11(2)3;1-2/h5-6H,4,7H2,1-3H3;1-2H3. The van der Waals surface area contributed by atoms with Gasteiger partial charge in [-0.25, -0.2) is 0 Å². The molecule has 1 aromatic rings. The third kappa shape index (κ3) is 4.63. The van der Waals surface area contributed by atoms with E-state index in [1.807, 2.05) is 20.0 Å². The van der Waals surface area contributed by atoms with Crippen LogP contribution in [0, 0.1) is 0 Å². The first-order valence-corrected chi connectivity index (χ1v) is 5.35. The zero-order chi connectivity index (χ0) is 11.8. The highest BCUT2D eigenvalue weighted by atomic mass is 16.2. The Labute approximate surface area is 91.9 Å². The van der Waals surface area contributed by atoms with Crippen molar-refractivity contribution in [1.82, 2.24) is 14.7 Å². The average molecular weight is 211 g/mol. The van der Waals surface area contributed by atoms with Gasteiger partial charge in [-0.1, -0.05) is 20.8 Å². The van der Waals surface area contributed by atoms with E-state index in [1.54, 1.807) is 29.9 Å². The molecule has 4 nitrogen and oxygen atoms in total. The summed E-state index contributed by atoms with van der Waals surface area (Å²) in [4.78, 5) is 12.8. The van der Waals surface area contributed by atoms with Crippen LogP contribution in [-0.2, 0) is 17.8 Å². The summed E-state index contributed by atoms with van der Waals surface area (Å²) in [6.07, 6.45) is 4.65. The minimum atomic E-state index is 0.0609. The van der Waals surface area contributed by atoms with Crippen LogP contribution in [0.5, 0.6) is 0 Å². The van der Waals surface area contributed by atoms with Crippen LogP contribution < -0.4 is 0 Å². The first-order chi connectivity index (χ1) is 7.13. The Morgan fingerprint density at radius 1 is 1.47 bits per heavy atom. The fourth-order valence-electron chi connectivity index (χ4n) is 0.955. The van der Waals surface area contributed by atoms with Crippen LogP contribution in [0.2, 0.25) is 0 Å². The number of rotatable bonds is 3. The number of carbonyl (C=O) groups is 1. The summed E-state index contributed by atoms with van der Waals surface area (Å²) in [5, 5.41) is 4.08. The Balaban J connectivity index is 0.000000921. The summed E-state index contributed by atoms with van der Waals surface area (Å²) in [7, 11) is 3.49. The molecule has 4 heteroatoms. The monoisotopic (exact) mass is 211 g/mol. The highest BCUT2D eigenvalue weighted by Gasteiger charge is 2.05. The second kappa shape index (κ2) is 7.04. The van der Waals surface area contributed by atoms with E-state index in [4.69, 9.17) is 0 Å². The predicted molar refractivity (Wildman–Crippen MR) is 61.6 cm³/mol. The maximum atomic E-state index is 11.3. The van der Waals surface area contributed by atoms with Crippen LogP contribution >= 0.6 is 0 Å². The van der Waals surface area contributed by atoms with E-state index in [2.05, 4.69) is 12.0 Å². The first-order valence-electron chi connectivity index (χ1n) is 5.35. The predicted octanol–water partition coefficient (Wildman–Crippen LogP) is 1.56. The molecule has 0 fully saturated rings. The third-order valence-electron chi connectivity index (χ3n) is 1.89. The van der Waals surface area contributed by atoms with Gasteiger partial charge >= 0.3 is 0 Å². The lowest BCUT2D eigenvalue weighted by Crippen LogP contribution is -2.26. The number of amides is 1. The molecule has 0 atom stereocenters. The summed E-state index contributed by atoms with van der Waals surface area (Å²) < 4.78 is 1.67. The van der Waals surface area contributed by atoms with Crippen molar-refractivity contribution in [2.45, 2.75) is 33.7 Å². The number of nitrogens with zero attached hydrogens (tertiary/aromatic N) is 3. The quantitative estimate of drug-likeness (QED) is 0.761. The minimum absolute atomic E-state index is 0.0609. The topological polar surface area (TPSA) is 38.1 Å². The van der Waals surface area contributed by atoms with Crippen LogP contribution in [0.15, 0.2) is 12.4 Å². The van der Waals surface area contributed by atoms with Crippen molar-refractivity contribution in [3.05, 3.63) is 18.0 Å². The Kier molecular flexibility index (Phi) is 6.42. The van der Waals surface area contributed by atoms with E-state index in [1.165, 1.54) is 0 Å². The lowest BCUT2D eigenvalue weighted by molar-refractivity contribution is -0.129. The first kappa shape index (κ1) is 13.7. The summed E-state index contributed by atoms with van der Waals surface area (Å²) in [5.41, 5.74) is 1.16. The molecule has 0 aliphatic heterocycles. The van der Waals surface area contributed by atoms with Gasteiger partial charge in [0.1, 0.15) is 6.54 Å². The summed E-state index contributed by atoms with van der Waals surface area (Å²) in [6.45, 7) is 6.39. The fourth-order valence-corrected chi connectivity index (χ4v) is 0.955. The molecule has 0 aliphatic rings. The van der Waals surface area contributed by atoms with Gasteiger partial charge in [-0.05, 0) is 12.0 Å². The summed E-state index contributed by atoms with van der Waals surface area (Å²) >= 11 is 0. The molecule has 0 saturated carbocycles. The van der Waals surface area contributed by atoms with E-state index in [0.717, 1.165) is 12.0 Å². The molecule has 0 spiro atoms. The van der Waals surface area contributed by atoms with Gasteiger partial charge in [-0.2, -0.15) is 5.10 Å². The molecule has 1 amide bonds. The van der Waals surface area contributed by atoms with Gasteiger partial charge in [0.2, 0.25) is 5.91 Å². The molecule has 0 aliphatic carbocycles. The van der Waals surface area contributed by atoms with Crippen molar-refractivity contribution in [3.8, 4) is 0 Å². The van der Waals surface area contributed by atoms with Crippen LogP contribution in [-0.4, -0.2) is 34.7 Å². The van der Waals surface area contributed by atoms with E-state index >= 15 is 0 Å². The molecule has 0 aromatic carbocycles. The lowest BCUT2D eigenvalue weighted by atomic mass is 10.3. The highest BCUT2D eigenvalue weighted by molar-refractivity contribution is 5.75. The molecule has 15 heavy (non-hydrogen) atoms. The van der Waals surface area contributed by atoms with Crippen molar-refractivity contribution >= 4 is 5.91 Å². The second-order valence-corrected chi connectivity index (χ2v) is 3.19. The molecule has 1 rings (SSSR count). The van der Waals surface area contributed by atoms with Crippen LogP contribution in [0.25, 0.3) is 0 Å². The van der Waals surface area contributed by atoms with Crippen LogP contribution in [0.4, 0.5) is 0 Å². The van der Waals surface area contributed by atoms with Gasteiger partial charge in [-0.15, -0.1) is 0 Å². The number of aromatic nitrogens is 2. The van der Waals surface area contributed by atoms with Crippen LogP contribution in [0.1, 0.15) is 26.3 Å². The summed E-state index contributed by atoms with van der Waals surface area (Å²) in [6, 6.07) is 0. The number of carbonyl (C=O) groups excluding carboxylic acids is 1. The molecule has 1 heterocycles. The maximum absolute atomic E-state index is 11.3. The van der Waals surface area contributed by atoms with E-state index in [9.17, 15) is 4.79 Å². The van der Waals surface area contributed by atoms with Crippen molar-refractivity contribution < 1.29 is 4.79 Å². The smallest absolute Gasteiger partial charge is 0.243 e. The van der Waals surface area contributed by atoms with Gasteiger partial charge in [0.25, 0.3) is 0 Å². The van der Waals surface area contributed by atoms with Crippen molar-refractivity contribution in [2.75, 3.05) is 14.1 Å². The highest BCUT2D eigenvalue weighted by Crippen LogP contribution is 1.98. The van der Waals surface area contributed by atoms with Gasteiger partial charge in [-0.3, -0.25) is 9.48 Å². The van der Waals surface area contributed by atoms with Gasteiger partial charge in [0.05, 0.1) is 6.20 Å². The Hall–Kier alpha value is -1.32. The van der Waals surface area contributed by atoms with Crippen LogP contribution in [0.3, 0.4) is 0 Å². The molecule has 0 radical (unpaired) electrons. The Bertz CT molecular complexity index is 292. The number of aryl methyl sites for hydroxylation is 1. The fraction of sp³-hybridized carbons (Fsp3) is 0.636. The minimum Gasteiger partial charge on any atom is -0.347 e. The Morgan fingerprint density at radius 2 is 2.07 bits per heavy atom. The van der Waals surface area contributed by atoms with Crippen molar-refractivity contribution in [3.63, 3.8) is 0 Å². The SMILES string of the molecule is CC.CCc1cnn(CC(=O)N(C)C)c1. The van der Waals surface area contributed by atoms with E-state index in [0.29, 0.717) is 6.54 Å². The van der Waals surface area contributed by atoms with Crippen molar-refractivity contribution in [1.29, 1.82) is 0 Å². The molecular formula is C11H21N3O. The maximum Gasteiger partial charge on any atom is 0.243 e. The molecule has 0 N–H and O–H groups in total. The zero-order valence-electron chi connectivity index (χ0n) is 10.3. The molecule has 0 bridgehead atoms. The van der Waals surface area contributed by atoms with Gasteiger partial charge in [0.15, 0.2) is 0 Å². The molecule has 0 unspecified atom stereocenters. The molecular weight excluding hydrogens is 190 g/mol. The zero-order valence-corrected chi connectivity index (χ0v) is 10.3. The normalized spacial score (nSPS) is 9.13. The second-order valence-electron chi connectivity index (χ2n) is 3.19. The summed E-state index contributed by atoms with van der Waals surface area (Å²) in [5.74, 6) is 0.0609. The third-order valence-corrected chi connectivity index (χ3v) is 1.89. The Morgan fingerprint density at radius 3 is 2.47 bits per heavy atom. The van der Waals surface area contributed by atoms with E-state index < -0.39 is 0 Å². The average Bonchev–Trinajstić information content (AvgIpc) is 2.68. The number of likely N-dealkylation sites (N-methyl/N-ethyl adjacent to an activating group) is 1. The molecule has 86 valence electrons. The van der Waals surface area contributed by atoms with Gasteiger partial charge < -0.3 is 4.90 Å². The largest absolute Gasteiger partial charge is 0.347 e. The molecule has 1 aromatic heterocycles. The van der Waals surface area contributed by atoms with Crippen molar-refractivity contribution in [2.24, 2.45) is 0 Å². The lowest BCUT2D eigenvalue weighted by Gasteiger charge is -2.09. The number of hydrogen-bond acceptors (Lipinski definition) is 2.